The van der Waals surface area contributed by atoms with E-state index >= 15 is 0 Å². The molecule has 1 aromatic carbocycles. The normalized spacial score (nSPS) is 23.8. The van der Waals surface area contributed by atoms with Crippen molar-refractivity contribution in [2.75, 3.05) is 6.61 Å². The zero-order chi connectivity index (χ0) is 20.3. The van der Waals surface area contributed by atoms with Crippen molar-refractivity contribution in [1.29, 1.82) is 0 Å². The SMILES string of the molecule is Cc1ccc(S(=O)(=O)OC2CCC(C)(C(=O)OCC[Si](C)(C)C)CC2)cc1. The van der Waals surface area contributed by atoms with Crippen LogP contribution in [-0.4, -0.2) is 35.2 Å². The molecule has 5 nitrogen and oxygen atoms in total. The largest absolute Gasteiger partial charge is 0.466 e. The third kappa shape index (κ3) is 6.43. The summed E-state index contributed by atoms with van der Waals surface area (Å²) in [6, 6.07) is 7.59. The molecule has 0 unspecified atom stereocenters. The molecule has 27 heavy (non-hydrogen) atoms. The molecule has 0 N–H and O–H groups in total. The lowest BCUT2D eigenvalue weighted by Gasteiger charge is -2.35. The van der Waals surface area contributed by atoms with Crippen LogP contribution in [0.2, 0.25) is 25.7 Å². The quantitative estimate of drug-likeness (QED) is 0.374. The van der Waals surface area contributed by atoms with Gasteiger partial charge in [-0.25, -0.2) is 0 Å². The van der Waals surface area contributed by atoms with Crippen LogP contribution in [0.3, 0.4) is 0 Å². The Labute approximate surface area is 164 Å². The molecule has 1 aromatic rings. The van der Waals surface area contributed by atoms with Crippen molar-refractivity contribution in [3.05, 3.63) is 29.8 Å². The molecule has 1 saturated carbocycles. The van der Waals surface area contributed by atoms with Gasteiger partial charge in [0, 0.05) is 8.07 Å². The zero-order valence-electron chi connectivity index (χ0n) is 17.1. The van der Waals surface area contributed by atoms with E-state index < -0.39 is 23.6 Å². The van der Waals surface area contributed by atoms with E-state index in [0.29, 0.717) is 32.3 Å². The molecule has 1 fully saturated rings. The van der Waals surface area contributed by atoms with Crippen LogP contribution in [0.5, 0.6) is 0 Å². The van der Waals surface area contributed by atoms with Gasteiger partial charge >= 0.3 is 5.97 Å². The molecule has 7 heteroatoms. The van der Waals surface area contributed by atoms with Gasteiger partial charge in [0.05, 0.1) is 23.0 Å². The van der Waals surface area contributed by atoms with Crippen LogP contribution in [0.25, 0.3) is 0 Å². The number of hydrogen-bond acceptors (Lipinski definition) is 5. The number of hydrogen-bond donors (Lipinski definition) is 0. The highest BCUT2D eigenvalue weighted by Crippen LogP contribution is 2.39. The summed E-state index contributed by atoms with van der Waals surface area (Å²) in [5.41, 5.74) is 0.447. The van der Waals surface area contributed by atoms with Crippen molar-refractivity contribution < 1.29 is 22.1 Å². The van der Waals surface area contributed by atoms with Gasteiger partial charge in [-0.2, -0.15) is 8.42 Å². The van der Waals surface area contributed by atoms with Crippen LogP contribution in [-0.2, 0) is 23.8 Å². The molecular weight excluding hydrogens is 380 g/mol. The minimum Gasteiger partial charge on any atom is -0.466 e. The third-order valence-corrected chi connectivity index (χ3v) is 8.27. The van der Waals surface area contributed by atoms with Crippen LogP contribution in [0.1, 0.15) is 38.2 Å². The zero-order valence-corrected chi connectivity index (χ0v) is 18.9. The van der Waals surface area contributed by atoms with Gasteiger partial charge in [0.15, 0.2) is 0 Å². The second-order valence-electron chi connectivity index (χ2n) is 9.07. The Morgan fingerprint density at radius 3 is 2.22 bits per heavy atom. The van der Waals surface area contributed by atoms with E-state index in [4.69, 9.17) is 8.92 Å². The van der Waals surface area contributed by atoms with E-state index in [0.717, 1.165) is 11.6 Å². The summed E-state index contributed by atoms with van der Waals surface area (Å²) in [6.07, 6.45) is 1.83. The van der Waals surface area contributed by atoms with Gasteiger partial charge in [-0.15, -0.1) is 0 Å². The van der Waals surface area contributed by atoms with E-state index in [1.165, 1.54) is 0 Å². The molecule has 0 aliphatic heterocycles. The van der Waals surface area contributed by atoms with E-state index in [9.17, 15) is 13.2 Å². The lowest BCUT2D eigenvalue weighted by Crippen LogP contribution is -2.37. The Bertz CT molecular complexity index is 742. The van der Waals surface area contributed by atoms with Gasteiger partial charge in [0.1, 0.15) is 0 Å². The van der Waals surface area contributed by atoms with Crippen LogP contribution in [0.4, 0.5) is 0 Å². The van der Waals surface area contributed by atoms with E-state index in [-0.39, 0.29) is 17.0 Å². The topological polar surface area (TPSA) is 69.7 Å². The molecule has 2 rings (SSSR count). The third-order valence-electron chi connectivity index (χ3n) is 5.19. The molecule has 0 atom stereocenters. The first-order valence-corrected chi connectivity index (χ1v) is 14.7. The maximum atomic E-state index is 12.5. The van der Waals surface area contributed by atoms with Crippen molar-refractivity contribution in [2.24, 2.45) is 5.41 Å². The Balaban J connectivity index is 1.88. The summed E-state index contributed by atoms with van der Waals surface area (Å²) in [4.78, 5) is 12.7. The Morgan fingerprint density at radius 2 is 1.70 bits per heavy atom. The van der Waals surface area contributed by atoms with Crippen molar-refractivity contribution in [1.82, 2.24) is 0 Å². The highest BCUT2D eigenvalue weighted by atomic mass is 32.2. The first-order chi connectivity index (χ1) is 12.4. The predicted octanol–water partition coefficient (Wildman–Crippen LogP) is 4.53. The predicted molar refractivity (Wildman–Crippen MR) is 109 cm³/mol. The molecule has 0 bridgehead atoms. The van der Waals surface area contributed by atoms with Gasteiger partial charge in [0.2, 0.25) is 0 Å². The van der Waals surface area contributed by atoms with Crippen LogP contribution in [0, 0.1) is 12.3 Å². The van der Waals surface area contributed by atoms with Crippen molar-refractivity contribution >= 4 is 24.2 Å². The fourth-order valence-electron chi connectivity index (χ4n) is 3.09. The van der Waals surface area contributed by atoms with Crippen LogP contribution in [0.15, 0.2) is 29.2 Å². The second kappa shape index (κ2) is 8.45. The molecular formula is C20H32O5SSi. The lowest BCUT2D eigenvalue weighted by molar-refractivity contribution is -0.157. The van der Waals surface area contributed by atoms with E-state index in [1.807, 2.05) is 13.8 Å². The molecule has 1 aliphatic carbocycles. The van der Waals surface area contributed by atoms with Gasteiger partial charge in [-0.1, -0.05) is 37.3 Å². The molecule has 0 heterocycles. The summed E-state index contributed by atoms with van der Waals surface area (Å²) in [6.45, 7) is 11.0. The first kappa shape index (κ1) is 22.1. The number of aryl methyl sites for hydroxylation is 1. The van der Waals surface area contributed by atoms with Gasteiger partial charge in [-0.05, 0) is 57.7 Å². The molecule has 0 aromatic heterocycles. The Kier molecular flexibility index (Phi) is 6.92. The van der Waals surface area contributed by atoms with Crippen LogP contribution >= 0.6 is 0 Å². The molecule has 0 amide bonds. The first-order valence-electron chi connectivity index (χ1n) is 9.59. The average molecular weight is 413 g/mol. The lowest BCUT2D eigenvalue weighted by atomic mass is 9.75. The summed E-state index contributed by atoms with van der Waals surface area (Å²) >= 11 is 0. The second-order valence-corrected chi connectivity index (χ2v) is 16.3. The molecule has 0 spiro atoms. The molecule has 0 saturated heterocycles. The number of benzene rings is 1. The summed E-state index contributed by atoms with van der Waals surface area (Å²) < 4.78 is 35.8. The number of esters is 1. The van der Waals surface area contributed by atoms with E-state index in [1.54, 1.807) is 24.3 Å². The molecule has 0 radical (unpaired) electrons. The van der Waals surface area contributed by atoms with Gasteiger partial charge < -0.3 is 4.74 Å². The number of ether oxygens (including phenoxy) is 1. The number of carbonyl (C=O) groups is 1. The summed E-state index contributed by atoms with van der Waals surface area (Å²) in [5.74, 6) is -0.166. The Morgan fingerprint density at radius 1 is 1.15 bits per heavy atom. The highest BCUT2D eigenvalue weighted by Gasteiger charge is 2.40. The minimum atomic E-state index is -3.78. The maximum Gasteiger partial charge on any atom is 0.311 e. The Hall–Kier alpha value is -1.18. The average Bonchev–Trinajstić information content (AvgIpc) is 2.56. The number of carbonyl (C=O) groups excluding carboxylic acids is 1. The van der Waals surface area contributed by atoms with Crippen molar-refractivity contribution in [3.8, 4) is 0 Å². The minimum absolute atomic E-state index is 0.166. The van der Waals surface area contributed by atoms with Gasteiger partial charge in [0.25, 0.3) is 10.1 Å². The summed E-state index contributed by atoms with van der Waals surface area (Å²) in [5, 5.41) is 0. The number of rotatable bonds is 7. The van der Waals surface area contributed by atoms with Crippen molar-refractivity contribution in [3.63, 3.8) is 0 Å². The fourth-order valence-corrected chi connectivity index (χ4v) is 4.94. The molecule has 152 valence electrons. The maximum absolute atomic E-state index is 12.5. The molecule has 1 aliphatic rings. The van der Waals surface area contributed by atoms with Crippen LogP contribution < -0.4 is 0 Å². The monoisotopic (exact) mass is 412 g/mol. The van der Waals surface area contributed by atoms with Crippen molar-refractivity contribution in [2.45, 2.75) is 76.2 Å². The van der Waals surface area contributed by atoms with Gasteiger partial charge in [-0.3, -0.25) is 8.98 Å². The van der Waals surface area contributed by atoms with E-state index in [2.05, 4.69) is 19.6 Å². The summed E-state index contributed by atoms with van der Waals surface area (Å²) in [7, 11) is -5.01. The fraction of sp³-hybridized carbons (Fsp3) is 0.650. The smallest absolute Gasteiger partial charge is 0.311 e. The standard InChI is InChI=1S/C20H32O5SSi/c1-16-6-8-18(9-7-16)26(22,23)25-17-10-12-20(2,13-11-17)19(21)24-14-15-27(3,4)5/h6-9,17H,10-15H2,1-5H3. The highest BCUT2D eigenvalue weighted by molar-refractivity contribution is 7.86.